The summed E-state index contributed by atoms with van der Waals surface area (Å²) in [5.74, 6) is 0.754. The van der Waals surface area contributed by atoms with Crippen LogP contribution in [0, 0.1) is 0 Å². The van der Waals surface area contributed by atoms with E-state index in [1.807, 2.05) is 18.2 Å². The molecule has 2 heterocycles. The van der Waals surface area contributed by atoms with Crippen molar-refractivity contribution in [2.24, 2.45) is 9.98 Å². The van der Waals surface area contributed by atoms with Crippen LogP contribution in [-0.2, 0) is 0 Å². The molecule has 1 aromatic rings. The predicted octanol–water partition coefficient (Wildman–Crippen LogP) is 3.23. The van der Waals surface area contributed by atoms with Crippen LogP contribution in [0.2, 0.25) is 5.02 Å². The summed E-state index contributed by atoms with van der Waals surface area (Å²) in [6.45, 7) is 2.88. The van der Waals surface area contributed by atoms with Gasteiger partial charge in [0.1, 0.15) is 0 Å². The third kappa shape index (κ3) is 1.43. The molecule has 5 heteroatoms. The minimum Gasteiger partial charge on any atom is -0.320 e. The predicted molar refractivity (Wildman–Crippen MR) is 68.6 cm³/mol. The molecule has 82 valence electrons. The number of hydrogen-bond acceptors (Lipinski definition) is 3. The molecule has 1 unspecified atom stereocenters. The van der Waals surface area contributed by atoms with Gasteiger partial charge < -0.3 is 4.90 Å². The fraction of sp³-hybridized carbons (Fsp3) is 0.273. The molecule has 0 aliphatic carbocycles. The average Bonchev–Trinajstić information content (AvgIpc) is 2.62. The molecule has 0 bridgehead atoms. The minimum atomic E-state index is 0.240. The zero-order valence-electron chi connectivity index (χ0n) is 8.61. The van der Waals surface area contributed by atoms with Gasteiger partial charge >= 0.3 is 0 Å². The van der Waals surface area contributed by atoms with Crippen LogP contribution >= 0.6 is 23.2 Å². The molecule has 0 fully saturated rings. The molecule has 2 aliphatic heterocycles. The molecule has 2 aliphatic rings. The normalized spacial score (nSPS) is 22.4. The fourth-order valence-corrected chi connectivity index (χ4v) is 2.42. The van der Waals surface area contributed by atoms with Crippen LogP contribution in [0.4, 0.5) is 11.4 Å². The lowest BCUT2D eigenvalue weighted by Gasteiger charge is -2.25. The molecule has 0 aromatic heterocycles. The van der Waals surface area contributed by atoms with Gasteiger partial charge in [0.2, 0.25) is 0 Å². The topological polar surface area (TPSA) is 28.0 Å². The van der Waals surface area contributed by atoms with E-state index in [1.165, 1.54) is 0 Å². The van der Waals surface area contributed by atoms with Crippen LogP contribution in [0.5, 0.6) is 0 Å². The van der Waals surface area contributed by atoms with Crippen molar-refractivity contribution in [2.75, 3.05) is 11.4 Å². The summed E-state index contributed by atoms with van der Waals surface area (Å²) in [4.78, 5) is 10.8. The van der Waals surface area contributed by atoms with Crippen molar-refractivity contribution in [1.82, 2.24) is 0 Å². The third-order valence-electron chi connectivity index (χ3n) is 2.68. The highest BCUT2D eigenvalue weighted by Gasteiger charge is 2.31. The van der Waals surface area contributed by atoms with Crippen LogP contribution in [-0.4, -0.2) is 23.6 Å². The van der Waals surface area contributed by atoms with Gasteiger partial charge in [0.15, 0.2) is 11.0 Å². The number of amidine groups is 1. The molecular weight excluding hydrogens is 245 g/mol. The zero-order valence-corrected chi connectivity index (χ0v) is 10.1. The second kappa shape index (κ2) is 3.47. The highest BCUT2D eigenvalue weighted by Crippen LogP contribution is 2.37. The monoisotopic (exact) mass is 253 g/mol. The first-order valence-electron chi connectivity index (χ1n) is 5.04. The first-order chi connectivity index (χ1) is 7.65. The Hall–Kier alpha value is -1.06. The van der Waals surface area contributed by atoms with E-state index in [2.05, 4.69) is 21.8 Å². The molecule has 0 saturated heterocycles. The molecule has 0 radical (unpaired) electrons. The molecule has 0 amide bonds. The maximum atomic E-state index is 6.10. The number of fused-ring (bicyclic) bond motifs is 3. The molecule has 3 rings (SSSR count). The van der Waals surface area contributed by atoms with Crippen molar-refractivity contribution in [3.8, 4) is 0 Å². The van der Waals surface area contributed by atoms with Gasteiger partial charge in [-0.25, -0.2) is 4.99 Å². The van der Waals surface area contributed by atoms with Gasteiger partial charge in [0.05, 0.1) is 17.4 Å². The standard InChI is InChI=1S/C11H9Cl2N3/c1-6-5-16-9-4-7(12)2-3-8(9)15-10(13)11(16)14-6/h2-4,6H,5H2,1H3. The van der Waals surface area contributed by atoms with E-state index in [1.54, 1.807) is 0 Å². The molecule has 0 spiro atoms. The Bertz CT molecular complexity index is 522. The van der Waals surface area contributed by atoms with Gasteiger partial charge in [-0.2, -0.15) is 0 Å². The minimum absolute atomic E-state index is 0.240. The number of nitrogens with zero attached hydrogens (tertiary/aromatic N) is 3. The average molecular weight is 254 g/mol. The number of halogens is 2. The van der Waals surface area contributed by atoms with Crippen LogP contribution in [0.1, 0.15) is 6.92 Å². The number of hydrogen-bond donors (Lipinski definition) is 0. The van der Waals surface area contributed by atoms with Crippen molar-refractivity contribution < 1.29 is 0 Å². The first kappa shape index (κ1) is 10.1. The summed E-state index contributed by atoms with van der Waals surface area (Å²) in [5.41, 5.74) is 1.84. The third-order valence-corrected chi connectivity index (χ3v) is 3.17. The molecule has 0 saturated carbocycles. The lowest BCUT2D eigenvalue weighted by molar-refractivity contribution is 0.795. The Kier molecular flexibility index (Phi) is 2.19. The van der Waals surface area contributed by atoms with Crippen LogP contribution in [0.25, 0.3) is 0 Å². The lowest BCUT2D eigenvalue weighted by atomic mass is 10.2. The number of anilines is 1. The number of aliphatic imine (C=N–C) groups is 2. The van der Waals surface area contributed by atoms with Gasteiger partial charge in [-0.3, -0.25) is 4.99 Å². The molecule has 1 atom stereocenters. The largest absolute Gasteiger partial charge is 0.320 e. The van der Waals surface area contributed by atoms with Crippen LogP contribution in [0.3, 0.4) is 0 Å². The Morgan fingerprint density at radius 2 is 2.19 bits per heavy atom. The Morgan fingerprint density at radius 3 is 3.00 bits per heavy atom. The molecule has 3 nitrogen and oxygen atoms in total. The van der Waals surface area contributed by atoms with E-state index < -0.39 is 0 Å². The second-order valence-corrected chi connectivity index (χ2v) is 4.74. The van der Waals surface area contributed by atoms with Gasteiger partial charge in [-0.1, -0.05) is 23.2 Å². The van der Waals surface area contributed by atoms with Crippen LogP contribution < -0.4 is 4.90 Å². The summed E-state index contributed by atoms with van der Waals surface area (Å²) in [7, 11) is 0. The molecule has 16 heavy (non-hydrogen) atoms. The molecular formula is C11H9Cl2N3. The van der Waals surface area contributed by atoms with Crippen molar-refractivity contribution in [3.05, 3.63) is 23.2 Å². The van der Waals surface area contributed by atoms with E-state index >= 15 is 0 Å². The van der Waals surface area contributed by atoms with Gasteiger partial charge in [-0.05, 0) is 25.1 Å². The first-order valence-corrected chi connectivity index (χ1v) is 5.80. The summed E-state index contributed by atoms with van der Waals surface area (Å²) in [6.07, 6.45) is 0. The molecule has 0 N–H and O–H groups in total. The van der Waals surface area contributed by atoms with Crippen molar-refractivity contribution in [2.45, 2.75) is 13.0 Å². The summed E-state index contributed by atoms with van der Waals surface area (Å²) in [6, 6.07) is 5.83. The van der Waals surface area contributed by atoms with E-state index in [-0.39, 0.29) is 6.04 Å². The summed E-state index contributed by atoms with van der Waals surface area (Å²) >= 11 is 12.1. The lowest BCUT2D eigenvalue weighted by Crippen LogP contribution is -2.34. The van der Waals surface area contributed by atoms with E-state index in [0.717, 1.165) is 23.8 Å². The maximum absolute atomic E-state index is 6.10. The second-order valence-electron chi connectivity index (χ2n) is 3.95. The maximum Gasteiger partial charge on any atom is 0.172 e. The van der Waals surface area contributed by atoms with Crippen molar-refractivity contribution in [1.29, 1.82) is 0 Å². The zero-order chi connectivity index (χ0) is 11.3. The SMILES string of the molecule is CC1CN2C(=N1)C(Cl)=Nc1ccc(Cl)cc12. The quantitative estimate of drug-likeness (QED) is 0.698. The Morgan fingerprint density at radius 1 is 1.38 bits per heavy atom. The fourth-order valence-electron chi connectivity index (χ4n) is 2.01. The smallest absolute Gasteiger partial charge is 0.172 e. The van der Waals surface area contributed by atoms with Crippen molar-refractivity contribution >= 4 is 45.6 Å². The summed E-state index contributed by atoms with van der Waals surface area (Å²) < 4.78 is 0. The highest BCUT2D eigenvalue weighted by atomic mass is 35.5. The number of benzene rings is 1. The van der Waals surface area contributed by atoms with Gasteiger partial charge in [-0.15, -0.1) is 0 Å². The Labute approximate surface area is 103 Å². The van der Waals surface area contributed by atoms with E-state index in [4.69, 9.17) is 23.2 Å². The van der Waals surface area contributed by atoms with Crippen LogP contribution in [0.15, 0.2) is 28.2 Å². The van der Waals surface area contributed by atoms with E-state index in [0.29, 0.717) is 10.2 Å². The Balaban J connectivity index is 2.19. The van der Waals surface area contributed by atoms with Crippen molar-refractivity contribution in [3.63, 3.8) is 0 Å². The highest BCUT2D eigenvalue weighted by molar-refractivity contribution is 6.85. The van der Waals surface area contributed by atoms with Gasteiger partial charge in [0, 0.05) is 11.6 Å². The van der Waals surface area contributed by atoms with E-state index in [9.17, 15) is 0 Å². The van der Waals surface area contributed by atoms with Gasteiger partial charge in [0.25, 0.3) is 0 Å². The number of rotatable bonds is 0. The molecule has 1 aromatic carbocycles. The summed E-state index contributed by atoms with van der Waals surface area (Å²) in [5, 5.41) is 1.16.